The standard InChI is InChI=1S/C18H25N5O2/c1-10-15(11(2)23(4)22-10)9-19-17(24)13-5-7-14-16(8-6-13)20-12(3)21-18(14)25/h13H,5-9H2,1-4H3,(H,19,24)(H,20,21,25). The fourth-order valence-corrected chi connectivity index (χ4v) is 3.56. The number of fused-ring (bicyclic) bond motifs is 1. The van der Waals surface area contributed by atoms with Gasteiger partial charge in [-0.25, -0.2) is 4.98 Å². The molecule has 1 unspecified atom stereocenters. The number of aromatic nitrogens is 4. The monoisotopic (exact) mass is 343 g/mol. The van der Waals surface area contributed by atoms with Gasteiger partial charge in [0.2, 0.25) is 5.91 Å². The summed E-state index contributed by atoms with van der Waals surface area (Å²) in [4.78, 5) is 31.9. The van der Waals surface area contributed by atoms with Crippen LogP contribution >= 0.6 is 0 Å². The molecule has 0 aliphatic heterocycles. The topological polar surface area (TPSA) is 92.7 Å². The highest BCUT2D eigenvalue weighted by Gasteiger charge is 2.25. The van der Waals surface area contributed by atoms with Crippen molar-refractivity contribution in [1.29, 1.82) is 0 Å². The molecule has 2 heterocycles. The molecule has 1 atom stereocenters. The van der Waals surface area contributed by atoms with Crippen LogP contribution in [0.15, 0.2) is 4.79 Å². The number of carbonyl (C=O) groups excluding carboxylic acids is 1. The normalized spacial score (nSPS) is 17.0. The van der Waals surface area contributed by atoms with Crippen molar-refractivity contribution in [3.05, 3.63) is 44.4 Å². The lowest BCUT2D eigenvalue weighted by Crippen LogP contribution is -2.31. The predicted molar refractivity (Wildman–Crippen MR) is 94.3 cm³/mol. The molecular formula is C18H25N5O2. The molecule has 0 saturated carbocycles. The van der Waals surface area contributed by atoms with E-state index in [1.165, 1.54) is 0 Å². The van der Waals surface area contributed by atoms with Gasteiger partial charge in [-0.2, -0.15) is 5.10 Å². The van der Waals surface area contributed by atoms with Crippen LogP contribution in [0.25, 0.3) is 0 Å². The summed E-state index contributed by atoms with van der Waals surface area (Å²) in [7, 11) is 1.91. The van der Waals surface area contributed by atoms with E-state index >= 15 is 0 Å². The molecule has 134 valence electrons. The lowest BCUT2D eigenvalue weighted by molar-refractivity contribution is -0.125. The molecule has 0 aromatic carbocycles. The zero-order valence-corrected chi connectivity index (χ0v) is 15.3. The molecule has 0 bridgehead atoms. The lowest BCUT2D eigenvalue weighted by Gasteiger charge is -2.14. The number of H-pyrrole nitrogens is 1. The fraction of sp³-hybridized carbons (Fsp3) is 0.556. The minimum absolute atomic E-state index is 0.0450. The number of amides is 1. The minimum Gasteiger partial charge on any atom is -0.352 e. The number of hydrogen-bond acceptors (Lipinski definition) is 4. The average molecular weight is 343 g/mol. The summed E-state index contributed by atoms with van der Waals surface area (Å²) in [5.41, 5.74) is 4.60. The second-order valence-electron chi connectivity index (χ2n) is 6.84. The van der Waals surface area contributed by atoms with Gasteiger partial charge in [-0.15, -0.1) is 0 Å². The Hall–Kier alpha value is -2.44. The van der Waals surface area contributed by atoms with Crippen molar-refractivity contribution in [3.63, 3.8) is 0 Å². The van der Waals surface area contributed by atoms with E-state index in [0.29, 0.717) is 31.6 Å². The van der Waals surface area contributed by atoms with E-state index in [0.717, 1.165) is 34.6 Å². The highest BCUT2D eigenvalue weighted by Crippen LogP contribution is 2.22. The van der Waals surface area contributed by atoms with E-state index in [1.807, 2.05) is 25.6 Å². The zero-order valence-electron chi connectivity index (χ0n) is 15.3. The SMILES string of the molecule is Cc1nc2c(c(=O)[nH]1)CCC(C(=O)NCc1c(C)nn(C)c1C)CC2. The van der Waals surface area contributed by atoms with E-state index in [9.17, 15) is 9.59 Å². The first-order valence-corrected chi connectivity index (χ1v) is 8.72. The van der Waals surface area contributed by atoms with Crippen LogP contribution in [-0.2, 0) is 31.2 Å². The smallest absolute Gasteiger partial charge is 0.254 e. The third kappa shape index (κ3) is 3.50. The molecular weight excluding hydrogens is 318 g/mol. The Morgan fingerprint density at radius 1 is 1.28 bits per heavy atom. The van der Waals surface area contributed by atoms with Crippen LogP contribution in [0.1, 0.15) is 46.9 Å². The summed E-state index contributed by atoms with van der Waals surface area (Å²) >= 11 is 0. The first-order valence-electron chi connectivity index (χ1n) is 8.72. The highest BCUT2D eigenvalue weighted by atomic mass is 16.2. The van der Waals surface area contributed by atoms with Crippen molar-refractivity contribution in [2.75, 3.05) is 0 Å². The van der Waals surface area contributed by atoms with Crippen LogP contribution in [0.2, 0.25) is 0 Å². The Labute approximate surface area is 146 Å². The Bertz CT molecular complexity index is 865. The molecule has 2 aromatic rings. The summed E-state index contributed by atoms with van der Waals surface area (Å²) in [6.45, 7) is 6.24. The third-order valence-electron chi connectivity index (χ3n) is 5.16. The minimum atomic E-state index is -0.0915. The van der Waals surface area contributed by atoms with E-state index in [4.69, 9.17) is 0 Å². The number of carbonyl (C=O) groups is 1. The molecule has 2 N–H and O–H groups in total. The van der Waals surface area contributed by atoms with E-state index < -0.39 is 0 Å². The quantitative estimate of drug-likeness (QED) is 0.820. The number of rotatable bonds is 3. The van der Waals surface area contributed by atoms with Gasteiger partial charge in [0.1, 0.15) is 5.82 Å². The van der Waals surface area contributed by atoms with Gasteiger partial charge in [0.25, 0.3) is 5.56 Å². The van der Waals surface area contributed by atoms with Crippen LogP contribution in [0, 0.1) is 26.7 Å². The summed E-state index contributed by atoms with van der Waals surface area (Å²) < 4.78 is 1.83. The summed E-state index contributed by atoms with van der Waals surface area (Å²) in [5, 5.41) is 7.43. The van der Waals surface area contributed by atoms with Crippen molar-refractivity contribution < 1.29 is 4.79 Å². The molecule has 7 nitrogen and oxygen atoms in total. The third-order valence-corrected chi connectivity index (χ3v) is 5.16. The highest BCUT2D eigenvalue weighted by molar-refractivity contribution is 5.78. The Morgan fingerprint density at radius 2 is 2.00 bits per heavy atom. The van der Waals surface area contributed by atoms with Crippen LogP contribution in [-0.4, -0.2) is 25.7 Å². The molecule has 0 saturated heterocycles. The second-order valence-corrected chi connectivity index (χ2v) is 6.84. The van der Waals surface area contributed by atoms with Crippen molar-refractivity contribution in [1.82, 2.24) is 25.1 Å². The van der Waals surface area contributed by atoms with Crippen LogP contribution in [0.5, 0.6) is 0 Å². The Kier molecular flexibility index (Phi) is 4.74. The maximum atomic E-state index is 12.6. The average Bonchev–Trinajstić information content (AvgIpc) is 2.72. The van der Waals surface area contributed by atoms with Crippen LogP contribution < -0.4 is 10.9 Å². The van der Waals surface area contributed by atoms with E-state index in [1.54, 1.807) is 6.92 Å². The number of hydrogen-bond donors (Lipinski definition) is 2. The molecule has 0 radical (unpaired) electrons. The molecule has 1 aliphatic carbocycles. The molecule has 0 fully saturated rings. The Balaban J connectivity index is 1.66. The van der Waals surface area contributed by atoms with Gasteiger partial charge in [0, 0.05) is 36.3 Å². The van der Waals surface area contributed by atoms with Gasteiger partial charge in [0.15, 0.2) is 0 Å². The first-order chi connectivity index (χ1) is 11.9. The molecule has 7 heteroatoms. The fourth-order valence-electron chi connectivity index (χ4n) is 3.56. The van der Waals surface area contributed by atoms with Gasteiger partial charge in [-0.05, 0) is 46.5 Å². The summed E-state index contributed by atoms with van der Waals surface area (Å²) in [6, 6.07) is 0. The van der Waals surface area contributed by atoms with Gasteiger partial charge in [-0.3, -0.25) is 14.3 Å². The molecule has 1 amide bonds. The number of nitrogens with zero attached hydrogens (tertiary/aromatic N) is 3. The van der Waals surface area contributed by atoms with Gasteiger partial charge >= 0.3 is 0 Å². The molecule has 25 heavy (non-hydrogen) atoms. The number of aryl methyl sites for hydroxylation is 4. The van der Waals surface area contributed by atoms with E-state index in [-0.39, 0.29) is 17.4 Å². The zero-order chi connectivity index (χ0) is 18.1. The number of aromatic amines is 1. The maximum Gasteiger partial charge on any atom is 0.254 e. The molecule has 0 spiro atoms. The summed E-state index contributed by atoms with van der Waals surface area (Å²) in [6.07, 6.45) is 2.67. The van der Waals surface area contributed by atoms with Crippen molar-refractivity contribution in [3.8, 4) is 0 Å². The van der Waals surface area contributed by atoms with Crippen molar-refractivity contribution in [2.24, 2.45) is 13.0 Å². The maximum absolute atomic E-state index is 12.6. The van der Waals surface area contributed by atoms with Crippen molar-refractivity contribution >= 4 is 5.91 Å². The van der Waals surface area contributed by atoms with Gasteiger partial charge in [0.05, 0.1) is 11.4 Å². The van der Waals surface area contributed by atoms with E-state index in [2.05, 4.69) is 20.4 Å². The summed E-state index contributed by atoms with van der Waals surface area (Å²) in [5.74, 6) is 0.587. The van der Waals surface area contributed by atoms with Gasteiger partial charge < -0.3 is 10.3 Å². The predicted octanol–water partition coefficient (Wildman–Crippen LogP) is 1.24. The van der Waals surface area contributed by atoms with Crippen LogP contribution in [0.3, 0.4) is 0 Å². The molecule has 1 aliphatic rings. The first kappa shape index (κ1) is 17.4. The molecule has 2 aromatic heterocycles. The largest absolute Gasteiger partial charge is 0.352 e. The van der Waals surface area contributed by atoms with Crippen molar-refractivity contribution in [2.45, 2.75) is 53.0 Å². The Morgan fingerprint density at radius 3 is 2.68 bits per heavy atom. The number of nitrogens with one attached hydrogen (secondary N) is 2. The lowest BCUT2D eigenvalue weighted by atomic mass is 9.98. The van der Waals surface area contributed by atoms with Crippen LogP contribution in [0.4, 0.5) is 0 Å². The second kappa shape index (κ2) is 6.82. The molecule has 3 rings (SSSR count). The van der Waals surface area contributed by atoms with Gasteiger partial charge in [-0.1, -0.05) is 0 Å².